The zero-order valence-electron chi connectivity index (χ0n) is 11.9. The molecule has 0 aromatic carbocycles. The van der Waals surface area contributed by atoms with Gasteiger partial charge in [-0.1, -0.05) is 26.7 Å². The van der Waals surface area contributed by atoms with E-state index >= 15 is 0 Å². The van der Waals surface area contributed by atoms with E-state index in [1.807, 2.05) is 13.1 Å². The van der Waals surface area contributed by atoms with Gasteiger partial charge < -0.3 is 10.6 Å². The Morgan fingerprint density at radius 1 is 1.37 bits per heavy atom. The zero-order valence-corrected chi connectivity index (χ0v) is 13.5. The van der Waals surface area contributed by atoms with Crippen molar-refractivity contribution in [2.45, 2.75) is 46.1 Å². The fourth-order valence-electron chi connectivity index (χ4n) is 2.67. The molecule has 19 heavy (non-hydrogen) atoms. The van der Waals surface area contributed by atoms with Gasteiger partial charge in [0.05, 0.1) is 4.47 Å². The van der Waals surface area contributed by atoms with Crippen molar-refractivity contribution in [3.8, 4) is 0 Å². The summed E-state index contributed by atoms with van der Waals surface area (Å²) in [7, 11) is 0. The second-order valence-electron chi connectivity index (χ2n) is 5.44. The molecule has 1 aliphatic rings. The maximum absolute atomic E-state index is 4.54. The third-order valence-corrected chi connectivity index (χ3v) is 4.69. The van der Waals surface area contributed by atoms with Crippen LogP contribution < -0.4 is 10.6 Å². The van der Waals surface area contributed by atoms with Crippen LogP contribution in [0.25, 0.3) is 0 Å². The Morgan fingerprint density at radius 2 is 2.16 bits per heavy atom. The molecule has 0 radical (unpaired) electrons. The van der Waals surface area contributed by atoms with E-state index in [4.69, 9.17) is 0 Å². The van der Waals surface area contributed by atoms with E-state index in [1.54, 1.807) is 0 Å². The highest BCUT2D eigenvalue weighted by Gasteiger charge is 2.27. The molecule has 3 atom stereocenters. The maximum atomic E-state index is 4.54. The molecule has 0 bridgehead atoms. The molecule has 1 heterocycles. The molecule has 1 aliphatic carbocycles. The highest BCUT2D eigenvalue weighted by atomic mass is 79.9. The molecule has 0 saturated heterocycles. The van der Waals surface area contributed by atoms with Crippen LogP contribution in [0.1, 0.15) is 40.0 Å². The number of hydrogen-bond donors (Lipinski definition) is 2. The maximum Gasteiger partial charge on any atom is 0.224 e. The molecule has 106 valence electrons. The summed E-state index contributed by atoms with van der Waals surface area (Å²) >= 11 is 3.53. The summed E-state index contributed by atoms with van der Waals surface area (Å²) in [4.78, 5) is 8.78. The second-order valence-corrected chi connectivity index (χ2v) is 6.29. The topological polar surface area (TPSA) is 49.8 Å². The van der Waals surface area contributed by atoms with Crippen LogP contribution in [0.5, 0.6) is 0 Å². The van der Waals surface area contributed by atoms with Crippen LogP contribution in [-0.2, 0) is 0 Å². The highest BCUT2D eigenvalue weighted by molar-refractivity contribution is 9.10. The van der Waals surface area contributed by atoms with Crippen LogP contribution >= 0.6 is 15.9 Å². The van der Waals surface area contributed by atoms with Crippen molar-refractivity contribution in [2.75, 3.05) is 17.2 Å². The predicted molar refractivity (Wildman–Crippen MR) is 83.5 cm³/mol. The van der Waals surface area contributed by atoms with E-state index in [9.17, 15) is 0 Å². The summed E-state index contributed by atoms with van der Waals surface area (Å²) in [5, 5.41) is 6.74. The lowest BCUT2D eigenvalue weighted by Gasteiger charge is -2.35. The lowest BCUT2D eigenvalue weighted by molar-refractivity contribution is 0.253. The van der Waals surface area contributed by atoms with Gasteiger partial charge in [0, 0.05) is 18.8 Å². The molecule has 1 fully saturated rings. The van der Waals surface area contributed by atoms with Gasteiger partial charge in [0.1, 0.15) is 5.82 Å². The Balaban J connectivity index is 2.11. The van der Waals surface area contributed by atoms with Crippen molar-refractivity contribution < 1.29 is 0 Å². The third kappa shape index (κ3) is 3.59. The Labute approximate surface area is 123 Å². The summed E-state index contributed by atoms with van der Waals surface area (Å²) in [5.41, 5.74) is 0. The number of anilines is 2. The fraction of sp³-hybridized carbons (Fsp3) is 0.714. The molecular formula is C14H23BrN4. The number of aromatic nitrogens is 2. The van der Waals surface area contributed by atoms with Gasteiger partial charge in [-0.25, -0.2) is 4.98 Å². The minimum atomic E-state index is 0.504. The van der Waals surface area contributed by atoms with Crippen molar-refractivity contribution in [3.05, 3.63) is 10.7 Å². The van der Waals surface area contributed by atoms with Gasteiger partial charge in [-0.3, -0.25) is 0 Å². The number of nitrogens with one attached hydrogen (secondary N) is 2. The summed E-state index contributed by atoms with van der Waals surface area (Å²) < 4.78 is 0.930. The molecule has 3 unspecified atom stereocenters. The highest BCUT2D eigenvalue weighted by Crippen LogP contribution is 2.32. The molecule has 5 heteroatoms. The largest absolute Gasteiger partial charge is 0.366 e. The van der Waals surface area contributed by atoms with Crippen molar-refractivity contribution >= 4 is 27.7 Å². The molecule has 1 saturated carbocycles. The van der Waals surface area contributed by atoms with Crippen LogP contribution in [0.2, 0.25) is 0 Å². The minimum Gasteiger partial charge on any atom is -0.366 e. The van der Waals surface area contributed by atoms with Crippen LogP contribution in [-0.4, -0.2) is 22.6 Å². The number of halogens is 1. The van der Waals surface area contributed by atoms with Crippen LogP contribution in [0.3, 0.4) is 0 Å². The second kappa shape index (κ2) is 6.55. The van der Waals surface area contributed by atoms with Crippen LogP contribution in [0.15, 0.2) is 10.7 Å². The number of hydrogen-bond acceptors (Lipinski definition) is 4. The zero-order chi connectivity index (χ0) is 13.8. The van der Waals surface area contributed by atoms with Crippen molar-refractivity contribution in [1.29, 1.82) is 0 Å². The molecule has 0 aliphatic heterocycles. The molecule has 2 rings (SSSR count). The summed E-state index contributed by atoms with van der Waals surface area (Å²) in [6.45, 7) is 7.56. The van der Waals surface area contributed by atoms with E-state index in [2.05, 4.69) is 50.4 Å². The van der Waals surface area contributed by atoms with Crippen molar-refractivity contribution in [2.24, 2.45) is 11.8 Å². The molecule has 0 spiro atoms. The molecule has 2 N–H and O–H groups in total. The molecule has 1 aromatic heterocycles. The first-order valence-electron chi connectivity index (χ1n) is 7.14. The lowest BCUT2D eigenvalue weighted by Crippen LogP contribution is -2.35. The minimum absolute atomic E-state index is 0.504. The molecule has 4 nitrogen and oxygen atoms in total. The smallest absolute Gasteiger partial charge is 0.224 e. The van der Waals surface area contributed by atoms with Crippen molar-refractivity contribution in [1.82, 2.24) is 9.97 Å². The summed E-state index contributed by atoms with van der Waals surface area (Å²) in [5.74, 6) is 3.04. The van der Waals surface area contributed by atoms with Crippen LogP contribution in [0.4, 0.5) is 11.8 Å². The summed E-state index contributed by atoms with van der Waals surface area (Å²) in [6, 6.07) is 0.504. The van der Waals surface area contributed by atoms with E-state index in [1.165, 1.54) is 19.3 Å². The number of rotatable bonds is 4. The van der Waals surface area contributed by atoms with Gasteiger partial charge in [0.2, 0.25) is 5.95 Å². The normalized spacial score (nSPS) is 27.1. The quantitative estimate of drug-likeness (QED) is 0.880. The standard InChI is InChI=1S/C14H23BrN4/c1-4-16-14-17-8-11(15)13(19-14)18-12-7-5-6-9(2)10(12)3/h8-10,12H,4-7H2,1-3H3,(H2,16,17,18,19). The van der Waals surface area contributed by atoms with Gasteiger partial charge in [-0.2, -0.15) is 4.98 Å². The predicted octanol–water partition coefficient (Wildman–Crippen LogP) is 3.91. The average Bonchev–Trinajstić information content (AvgIpc) is 2.39. The lowest BCUT2D eigenvalue weighted by atomic mass is 9.78. The Morgan fingerprint density at radius 3 is 2.89 bits per heavy atom. The van der Waals surface area contributed by atoms with Gasteiger partial charge >= 0.3 is 0 Å². The SMILES string of the molecule is CCNc1ncc(Br)c(NC2CCCC(C)C2C)n1. The Hall–Kier alpha value is -0.840. The summed E-state index contributed by atoms with van der Waals surface area (Å²) in [6.07, 6.45) is 5.67. The first-order valence-corrected chi connectivity index (χ1v) is 7.94. The third-order valence-electron chi connectivity index (χ3n) is 4.11. The van der Waals surface area contributed by atoms with Gasteiger partial charge in [0.25, 0.3) is 0 Å². The monoisotopic (exact) mass is 326 g/mol. The Kier molecular flexibility index (Phi) is 5.02. The molecule has 1 aromatic rings. The molecule has 0 amide bonds. The van der Waals surface area contributed by atoms with E-state index < -0.39 is 0 Å². The van der Waals surface area contributed by atoms with E-state index in [-0.39, 0.29) is 0 Å². The first-order chi connectivity index (χ1) is 9.11. The van der Waals surface area contributed by atoms with E-state index in [0.717, 1.165) is 22.8 Å². The van der Waals surface area contributed by atoms with E-state index in [0.29, 0.717) is 17.9 Å². The first kappa shape index (κ1) is 14.6. The van der Waals surface area contributed by atoms with Gasteiger partial charge in [-0.15, -0.1) is 0 Å². The van der Waals surface area contributed by atoms with Gasteiger partial charge in [0.15, 0.2) is 0 Å². The van der Waals surface area contributed by atoms with Crippen LogP contribution in [0, 0.1) is 11.8 Å². The van der Waals surface area contributed by atoms with Crippen molar-refractivity contribution in [3.63, 3.8) is 0 Å². The van der Waals surface area contributed by atoms with Gasteiger partial charge in [-0.05, 0) is 41.1 Å². The number of nitrogens with zero attached hydrogens (tertiary/aromatic N) is 2. The molecular weight excluding hydrogens is 304 g/mol. The Bertz CT molecular complexity index is 424. The fourth-order valence-corrected chi connectivity index (χ4v) is 2.98. The average molecular weight is 327 g/mol.